The van der Waals surface area contributed by atoms with E-state index in [4.69, 9.17) is 0 Å². The predicted molar refractivity (Wildman–Crippen MR) is 85.9 cm³/mol. The van der Waals surface area contributed by atoms with E-state index in [0.717, 1.165) is 22.9 Å². The lowest BCUT2D eigenvalue weighted by molar-refractivity contribution is -0.134. The molecule has 1 atom stereocenters. The standard InChI is InChI=1S/C14H19N3O2S2/c18-13(11-10-20-9-3-15-11)16-4-6-17(7-5-16)14(19)12-2-1-8-21-12/h1-2,8,11,15H,3-7,9-10H2. The van der Waals surface area contributed by atoms with Crippen LogP contribution in [0.5, 0.6) is 0 Å². The van der Waals surface area contributed by atoms with Crippen molar-refractivity contribution in [1.29, 1.82) is 0 Å². The summed E-state index contributed by atoms with van der Waals surface area (Å²) in [6, 6.07) is 3.70. The minimum atomic E-state index is -0.0525. The number of thioether (sulfide) groups is 1. The predicted octanol–water partition coefficient (Wildman–Crippen LogP) is 0.737. The SMILES string of the molecule is O=C(c1cccs1)N1CCN(C(=O)C2CSCCN2)CC1. The fourth-order valence-electron chi connectivity index (χ4n) is 2.63. The zero-order valence-corrected chi connectivity index (χ0v) is 13.4. The van der Waals surface area contributed by atoms with Gasteiger partial charge in [-0.25, -0.2) is 0 Å². The van der Waals surface area contributed by atoms with Crippen molar-refractivity contribution in [2.45, 2.75) is 6.04 Å². The van der Waals surface area contributed by atoms with Crippen molar-refractivity contribution >= 4 is 34.9 Å². The van der Waals surface area contributed by atoms with Gasteiger partial charge in [0.15, 0.2) is 0 Å². The van der Waals surface area contributed by atoms with Crippen LogP contribution < -0.4 is 5.32 Å². The molecule has 3 heterocycles. The highest BCUT2D eigenvalue weighted by atomic mass is 32.2. The molecular weight excluding hydrogens is 306 g/mol. The number of amides is 2. The Kier molecular flexibility index (Phi) is 4.82. The summed E-state index contributed by atoms with van der Waals surface area (Å²) in [6.07, 6.45) is 0. The molecule has 2 saturated heterocycles. The smallest absolute Gasteiger partial charge is 0.264 e. The van der Waals surface area contributed by atoms with Gasteiger partial charge in [-0.05, 0) is 11.4 Å². The number of hydrogen-bond donors (Lipinski definition) is 1. The second-order valence-electron chi connectivity index (χ2n) is 5.18. The topological polar surface area (TPSA) is 52.7 Å². The molecule has 2 aliphatic rings. The monoisotopic (exact) mass is 325 g/mol. The molecule has 1 aromatic rings. The number of nitrogens with zero attached hydrogens (tertiary/aromatic N) is 2. The number of nitrogens with one attached hydrogen (secondary N) is 1. The van der Waals surface area contributed by atoms with Gasteiger partial charge in [-0.15, -0.1) is 11.3 Å². The fourth-order valence-corrected chi connectivity index (χ4v) is 4.25. The first kappa shape index (κ1) is 14.9. The fraction of sp³-hybridized carbons (Fsp3) is 0.571. The van der Waals surface area contributed by atoms with E-state index in [0.29, 0.717) is 26.2 Å². The summed E-state index contributed by atoms with van der Waals surface area (Å²) < 4.78 is 0. The minimum absolute atomic E-state index is 0.0525. The highest BCUT2D eigenvalue weighted by Crippen LogP contribution is 2.15. The van der Waals surface area contributed by atoms with Crippen LogP contribution in [0.4, 0.5) is 0 Å². The lowest BCUT2D eigenvalue weighted by Crippen LogP contribution is -2.56. The van der Waals surface area contributed by atoms with E-state index >= 15 is 0 Å². The second kappa shape index (κ2) is 6.81. The molecule has 5 nitrogen and oxygen atoms in total. The van der Waals surface area contributed by atoms with E-state index in [1.54, 1.807) is 0 Å². The normalized spacial score (nSPS) is 23.1. The van der Waals surface area contributed by atoms with E-state index in [1.165, 1.54) is 11.3 Å². The minimum Gasteiger partial charge on any atom is -0.338 e. The van der Waals surface area contributed by atoms with E-state index in [9.17, 15) is 9.59 Å². The van der Waals surface area contributed by atoms with Gasteiger partial charge in [0.25, 0.3) is 5.91 Å². The largest absolute Gasteiger partial charge is 0.338 e. The molecule has 0 saturated carbocycles. The van der Waals surface area contributed by atoms with Crippen molar-refractivity contribution in [2.75, 3.05) is 44.2 Å². The summed E-state index contributed by atoms with van der Waals surface area (Å²) in [5, 5.41) is 5.20. The lowest BCUT2D eigenvalue weighted by Gasteiger charge is -2.37. The first-order valence-corrected chi connectivity index (χ1v) is 9.22. The average molecular weight is 325 g/mol. The zero-order chi connectivity index (χ0) is 14.7. The molecule has 1 aromatic heterocycles. The van der Waals surface area contributed by atoms with E-state index < -0.39 is 0 Å². The summed E-state index contributed by atoms with van der Waals surface area (Å²) >= 11 is 3.30. The van der Waals surface area contributed by atoms with Crippen molar-refractivity contribution in [2.24, 2.45) is 0 Å². The molecule has 1 unspecified atom stereocenters. The maximum atomic E-state index is 12.4. The van der Waals surface area contributed by atoms with Crippen LogP contribution in [-0.2, 0) is 4.79 Å². The molecule has 7 heteroatoms. The third kappa shape index (κ3) is 3.41. The maximum absolute atomic E-state index is 12.4. The van der Waals surface area contributed by atoms with E-state index in [1.807, 2.05) is 39.1 Å². The Balaban J connectivity index is 1.52. The molecule has 21 heavy (non-hydrogen) atoms. The molecule has 2 fully saturated rings. The third-order valence-corrected chi connectivity index (χ3v) is 5.75. The highest BCUT2D eigenvalue weighted by Gasteiger charge is 2.30. The van der Waals surface area contributed by atoms with Gasteiger partial charge in [-0.3, -0.25) is 9.59 Å². The van der Waals surface area contributed by atoms with Crippen LogP contribution in [-0.4, -0.2) is 71.9 Å². The van der Waals surface area contributed by atoms with Crippen molar-refractivity contribution in [3.8, 4) is 0 Å². The Morgan fingerprint density at radius 1 is 1.19 bits per heavy atom. The van der Waals surface area contributed by atoms with Crippen LogP contribution in [0.15, 0.2) is 17.5 Å². The maximum Gasteiger partial charge on any atom is 0.264 e. The summed E-state index contributed by atoms with van der Waals surface area (Å²) in [4.78, 5) is 29.2. The molecular formula is C14H19N3O2S2. The Hall–Kier alpha value is -1.05. The van der Waals surface area contributed by atoms with Gasteiger partial charge in [0.2, 0.25) is 5.91 Å². The van der Waals surface area contributed by atoms with Crippen molar-refractivity contribution in [3.05, 3.63) is 22.4 Å². The third-order valence-electron chi connectivity index (χ3n) is 3.83. The van der Waals surface area contributed by atoms with Crippen molar-refractivity contribution in [1.82, 2.24) is 15.1 Å². The van der Waals surface area contributed by atoms with E-state index in [-0.39, 0.29) is 17.9 Å². The lowest BCUT2D eigenvalue weighted by atomic mass is 10.2. The van der Waals surface area contributed by atoms with Crippen LogP contribution in [0, 0.1) is 0 Å². The van der Waals surface area contributed by atoms with Gasteiger partial charge in [0.05, 0.1) is 10.9 Å². The molecule has 0 spiro atoms. The van der Waals surface area contributed by atoms with Crippen LogP contribution in [0.2, 0.25) is 0 Å². The molecule has 3 rings (SSSR count). The average Bonchev–Trinajstić information content (AvgIpc) is 3.09. The van der Waals surface area contributed by atoms with Crippen LogP contribution in [0.1, 0.15) is 9.67 Å². The van der Waals surface area contributed by atoms with Crippen molar-refractivity contribution in [3.63, 3.8) is 0 Å². The van der Waals surface area contributed by atoms with Gasteiger partial charge in [0, 0.05) is 44.2 Å². The Bertz CT molecular complexity index is 492. The summed E-state index contributed by atoms with van der Waals surface area (Å²) in [6.45, 7) is 3.43. The molecule has 0 aromatic carbocycles. The number of carbonyl (C=O) groups excluding carboxylic acids is 2. The zero-order valence-electron chi connectivity index (χ0n) is 11.8. The molecule has 0 radical (unpaired) electrons. The first-order valence-electron chi connectivity index (χ1n) is 7.18. The number of piperazine rings is 1. The molecule has 2 aliphatic heterocycles. The van der Waals surface area contributed by atoms with Gasteiger partial charge >= 0.3 is 0 Å². The molecule has 0 bridgehead atoms. The molecule has 1 N–H and O–H groups in total. The molecule has 0 aliphatic carbocycles. The van der Waals surface area contributed by atoms with Gasteiger partial charge < -0.3 is 15.1 Å². The van der Waals surface area contributed by atoms with Crippen LogP contribution in [0.3, 0.4) is 0 Å². The van der Waals surface area contributed by atoms with Crippen LogP contribution in [0.25, 0.3) is 0 Å². The van der Waals surface area contributed by atoms with E-state index in [2.05, 4.69) is 5.32 Å². The Labute approximate surface area is 132 Å². The van der Waals surface area contributed by atoms with Crippen molar-refractivity contribution < 1.29 is 9.59 Å². The number of rotatable bonds is 2. The Morgan fingerprint density at radius 3 is 2.57 bits per heavy atom. The number of carbonyl (C=O) groups is 2. The van der Waals surface area contributed by atoms with Gasteiger partial charge in [-0.1, -0.05) is 6.07 Å². The molecule has 2 amide bonds. The summed E-state index contributed by atoms with van der Waals surface area (Å²) in [5.41, 5.74) is 0. The number of hydrogen-bond acceptors (Lipinski definition) is 5. The number of thiophene rings is 1. The Morgan fingerprint density at radius 2 is 1.95 bits per heavy atom. The van der Waals surface area contributed by atoms with Gasteiger partial charge in [-0.2, -0.15) is 11.8 Å². The summed E-state index contributed by atoms with van der Waals surface area (Å²) in [7, 11) is 0. The van der Waals surface area contributed by atoms with Crippen LogP contribution >= 0.6 is 23.1 Å². The second-order valence-corrected chi connectivity index (χ2v) is 7.27. The summed E-state index contributed by atoms with van der Waals surface area (Å²) in [5.74, 6) is 2.20. The quantitative estimate of drug-likeness (QED) is 0.871. The molecule has 114 valence electrons. The highest BCUT2D eigenvalue weighted by molar-refractivity contribution is 7.99. The van der Waals surface area contributed by atoms with Gasteiger partial charge in [0.1, 0.15) is 0 Å². The first-order chi connectivity index (χ1) is 10.3.